The van der Waals surface area contributed by atoms with Crippen LogP contribution in [-0.4, -0.2) is 33.4 Å². The quantitative estimate of drug-likeness (QED) is 0.865. The van der Waals surface area contributed by atoms with Gasteiger partial charge in [0.15, 0.2) is 0 Å². The first-order valence-corrected chi connectivity index (χ1v) is 7.21. The van der Waals surface area contributed by atoms with Gasteiger partial charge in [-0.25, -0.2) is 4.39 Å². The van der Waals surface area contributed by atoms with Gasteiger partial charge >= 0.3 is 0 Å². The maximum Gasteiger partial charge on any atom is 0.271 e. The summed E-state index contributed by atoms with van der Waals surface area (Å²) in [5, 5.41) is 16.2. The van der Waals surface area contributed by atoms with Crippen LogP contribution in [0.25, 0.3) is 5.69 Å². The molecule has 0 saturated carbocycles. The van der Waals surface area contributed by atoms with E-state index in [1.165, 1.54) is 36.4 Å². The van der Waals surface area contributed by atoms with E-state index in [0.717, 1.165) is 4.68 Å². The lowest BCUT2D eigenvalue weighted by molar-refractivity contribution is 0.0865. The average molecular weight is 319 g/mol. The van der Waals surface area contributed by atoms with E-state index >= 15 is 0 Å². The second-order valence-corrected chi connectivity index (χ2v) is 5.47. The number of aliphatic hydroxyl groups excluding tert-OH is 1. The molecular weight excluding hydrogens is 301 g/mol. The summed E-state index contributed by atoms with van der Waals surface area (Å²) in [4.78, 5) is 23.9. The Balaban J connectivity index is 2.21. The number of rotatable bonds is 5. The summed E-state index contributed by atoms with van der Waals surface area (Å²) in [6, 6.07) is 7.72. The largest absolute Gasteiger partial charge is 0.391 e. The maximum atomic E-state index is 13.0. The van der Waals surface area contributed by atoms with Gasteiger partial charge in [0, 0.05) is 12.6 Å². The summed E-state index contributed by atoms with van der Waals surface area (Å²) in [6.07, 6.45) is -0.665. The third kappa shape index (κ3) is 4.23. The third-order valence-corrected chi connectivity index (χ3v) is 3.35. The molecule has 0 radical (unpaired) electrons. The summed E-state index contributed by atoms with van der Waals surface area (Å²) < 4.78 is 14.0. The highest BCUT2D eigenvalue weighted by molar-refractivity contribution is 5.92. The molecular formula is C16H18FN3O3. The predicted molar refractivity (Wildman–Crippen MR) is 83.0 cm³/mol. The van der Waals surface area contributed by atoms with E-state index in [9.17, 15) is 19.1 Å². The minimum atomic E-state index is -0.665. The van der Waals surface area contributed by atoms with Gasteiger partial charge in [0.1, 0.15) is 11.5 Å². The number of halogens is 1. The Morgan fingerprint density at radius 1 is 1.26 bits per heavy atom. The average Bonchev–Trinajstić information content (AvgIpc) is 2.53. The van der Waals surface area contributed by atoms with Crippen LogP contribution in [0.15, 0.2) is 41.2 Å². The molecule has 1 aromatic carbocycles. The first-order valence-electron chi connectivity index (χ1n) is 7.21. The molecule has 1 aromatic heterocycles. The number of benzene rings is 1. The smallest absolute Gasteiger partial charge is 0.271 e. The Hall–Kier alpha value is -2.54. The number of hydrogen-bond donors (Lipinski definition) is 2. The Morgan fingerprint density at radius 3 is 2.52 bits per heavy atom. The van der Waals surface area contributed by atoms with Crippen molar-refractivity contribution in [3.8, 4) is 5.69 Å². The minimum absolute atomic E-state index is 0.0106. The highest BCUT2D eigenvalue weighted by Gasteiger charge is 2.14. The SMILES string of the molecule is CC(C)C(O)CNC(=O)c1ccc(=O)n(-c2ccc(F)cc2)n1. The van der Waals surface area contributed by atoms with Crippen molar-refractivity contribution < 1.29 is 14.3 Å². The Bertz CT molecular complexity index is 741. The zero-order valence-electron chi connectivity index (χ0n) is 12.9. The van der Waals surface area contributed by atoms with E-state index in [-0.39, 0.29) is 18.2 Å². The fourth-order valence-corrected chi connectivity index (χ4v) is 1.82. The number of carbonyl (C=O) groups excluding carboxylic acids is 1. The van der Waals surface area contributed by atoms with Crippen LogP contribution in [0, 0.1) is 11.7 Å². The number of aliphatic hydroxyl groups is 1. The third-order valence-electron chi connectivity index (χ3n) is 3.35. The molecule has 2 N–H and O–H groups in total. The second kappa shape index (κ2) is 7.15. The van der Waals surface area contributed by atoms with E-state index in [4.69, 9.17) is 0 Å². The first kappa shape index (κ1) is 16.8. The molecule has 1 amide bonds. The van der Waals surface area contributed by atoms with Gasteiger partial charge in [-0.2, -0.15) is 9.78 Å². The molecule has 0 fully saturated rings. The van der Waals surface area contributed by atoms with Crippen molar-refractivity contribution in [3.05, 3.63) is 58.3 Å². The molecule has 0 aliphatic heterocycles. The van der Waals surface area contributed by atoms with Gasteiger partial charge in [0.25, 0.3) is 11.5 Å². The van der Waals surface area contributed by atoms with Gasteiger partial charge in [-0.05, 0) is 36.2 Å². The fraction of sp³-hybridized carbons (Fsp3) is 0.312. The number of carbonyl (C=O) groups is 1. The molecule has 0 saturated heterocycles. The molecule has 122 valence electrons. The lowest BCUT2D eigenvalue weighted by Crippen LogP contribution is -2.36. The molecule has 1 atom stereocenters. The van der Waals surface area contributed by atoms with Crippen LogP contribution in [0.2, 0.25) is 0 Å². The van der Waals surface area contributed by atoms with E-state index in [2.05, 4.69) is 10.4 Å². The molecule has 0 spiro atoms. The van der Waals surface area contributed by atoms with E-state index in [0.29, 0.717) is 5.69 Å². The standard InChI is InChI=1S/C16H18FN3O3/c1-10(2)14(21)9-18-16(23)13-7-8-15(22)20(19-13)12-5-3-11(17)4-6-12/h3-8,10,14,21H,9H2,1-2H3,(H,18,23). The zero-order chi connectivity index (χ0) is 17.0. The molecule has 0 aliphatic carbocycles. The van der Waals surface area contributed by atoms with Crippen LogP contribution in [0.1, 0.15) is 24.3 Å². The Kier molecular flexibility index (Phi) is 5.23. The van der Waals surface area contributed by atoms with Crippen molar-refractivity contribution in [2.24, 2.45) is 5.92 Å². The Labute approximate surface area is 132 Å². The minimum Gasteiger partial charge on any atom is -0.391 e. The second-order valence-electron chi connectivity index (χ2n) is 5.47. The first-order chi connectivity index (χ1) is 10.9. The molecule has 2 aromatic rings. The molecule has 0 aliphatic rings. The summed E-state index contributed by atoms with van der Waals surface area (Å²) in [7, 11) is 0. The number of nitrogens with one attached hydrogen (secondary N) is 1. The topological polar surface area (TPSA) is 84.2 Å². The molecule has 1 heterocycles. The number of amides is 1. The van der Waals surface area contributed by atoms with Gasteiger partial charge in [-0.15, -0.1) is 0 Å². The fourth-order valence-electron chi connectivity index (χ4n) is 1.82. The number of aromatic nitrogens is 2. The van der Waals surface area contributed by atoms with Gasteiger partial charge in [-0.3, -0.25) is 9.59 Å². The van der Waals surface area contributed by atoms with E-state index < -0.39 is 23.4 Å². The van der Waals surface area contributed by atoms with Crippen LogP contribution < -0.4 is 10.9 Å². The lowest BCUT2D eigenvalue weighted by Gasteiger charge is -2.15. The highest BCUT2D eigenvalue weighted by atomic mass is 19.1. The van der Waals surface area contributed by atoms with Crippen LogP contribution in [0.4, 0.5) is 4.39 Å². The van der Waals surface area contributed by atoms with Crippen LogP contribution in [0.5, 0.6) is 0 Å². The van der Waals surface area contributed by atoms with Crippen molar-refractivity contribution >= 4 is 5.91 Å². The van der Waals surface area contributed by atoms with Crippen LogP contribution >= 0.6 is 0 Å². The van der Waals surface area contributed by atoms with Crippen molar-refractivity contribution in [1.82, 2.24) is 15.1 Å². The normalized spacial score (nSPS) is 12.2. The molecule has 1 unspecified atom stereocenters. The lowest BCUT2D eigenvalue weighted by atomic mass is 10.1. The number of hydrogen-bond acceptors (Lipinski definition) is 4. The van der Waals surface area contributed by atoms with Crippen molar-refractivity contribution in [2.75, 3.05) is 6.54 Å². The van der Waals surface area contributed by atoms with Crippen molar-refractivity contribution in [1.29, 1.82) is 0 Å². The summed E-state index contributed by atoms with van der Waals surface area (Å²) in [5.41, 5.74) is -0.0477. The molecule has 2 rings (SSSR count). The number of nitrogens with zero attached hydrogens (tertiary/aromatic N) is 2. The van der Waals surface area contributed by atoms with Gasteiger partial charge in [-0.1, -0.05) is 13.8 Å². The van der Waals surface area contributed by atoms with Gasteiger partial charge in [0.2, 0.25) is 0 Å². The van der Waals surface area contributed by atoms with Gasteiger partial charge < -0.3 is 10.4 Å². The summed E-state index contributed by atoms with van der Waals surface area (Å²) in [5.74, 6) is -0.921. The predicted octanol–water partition coefficient (Wildman–Crippen LogP) is 1.12. The van der Waals surface area contributed by atoms with Crippen LogP contribution in [-0.2, 0) is 0 Å². The monoisotopic (exact) mass is 319 g/mol. The molecule has 6 nitrogen and oxygen atoms in total. The summed E-state index contributed by atoms with van der Waals surface area (Å²) >= 11 is 0. The van der Waals surface area contributed by atoms with Crippen LogP contribution in [0.3, 0.4) is 0 Å². The van der Waals surface area contributed by atoms with E-state index in [1.54, 1.807) is 0 Å². The van der Waals surface area contributed by atoms with Gasteiger partial charge in [0.05, 0.1) is 11.8 Å². The molecule has 0 bridgehead atoms. The van der Waals surface area contributed by atoms with E-state index in [1.807, 2.05) is 13.8 Å². The maximum absolute atomic E-state index is 13.0. The molecule has 23 heavy (non-hydrogen) atoms. The Morgan fingerprint density at radius 2 is 1.91 bits per heavy atom. The summed E-state index contributed by atoms with van der Waals surface area (Å²) in [6.45, 7) is 3.77. The zero-order valence-corrected chi connectivity index (χ0v) is 12.9. The van der Waals surface area contributed by atoms with Crippen molar-refractivity contribution in [3.63, 3.8) is 0 Å². The highest BCUT2D eigenvalue weighted by Crippen LogP contribution is 2.06. The van der Waals surface area contributed by atoms with Crippen molar-refractivity contribution in [2.45, 2.75) is 20.0 Å². The molecule has 7 heteroatoms.